The predicted octanol–water partition coefficient (Wildman–Crippen LogP) is 2.84. The summed E-state index contributed by atoms with van der Waals surface area (Å²) in [4.78, 5) is 36.3. The number of carboxylic acids is 1. The summed E-state index contributed by atoms with van der Waals surface area (Å²) in [5.74, 6) is -2.43. The molecule has 3 amide bonds. The fourth-order valence-corrected chi connectivity index (χ4v) is 2.65. The van der Waals surface area contributed by atoms with Gasteiger partial charge in [0.1, 0.15) is 5.82 Å². The van der Waals surface area contributed by atoms with Crippen LogP contribution >= 0.6 is 0 Å². The molecular formula is C20H20FN3O4. The van der Waals surface area contributed by atoms with Crippen LogP contribution in [0.1, 0.15) is 35.7 Å². The van der Waals surface area contributed by atoms with E-state index in [1.54, 1.807) is 12.1 Å². The van der Waals surface area contributed by atoms with E-state index in [-0.39, 0.29) is 23.2 Å². The fraction of sp³-hybridized carbons (Fsp3) is 0.250. The van der Waals surface area contributed by atoms with E-state index < -0.39 is 23.2 Å². The summed E-state index contributed by atoms with van der Waals surface area (Å²) in [6.07, 6.45) is 1.90. The molecule has 0 aromatic heterocycles. The number of carbonyl (C=O) groups excluding carboxylic acids is 2. The Kier molecular flexibility index (Phi) is 5.30. The van der Waals surface area contributed by atoms with Crippen molar-refractivity contribution < 1.29 is 23.9 Å². The standard InChI is InChI=1S/C20H20FN3O4/c1-20(18(26)27,13-5-7-14(21)8-6-13)24-17(25)12-3-2-4-16(11-12)23-19(28)22-15-9-10-15/h2-8,11,15H,9-10H2,1H3,(H,24,25)(H,26,27)(H2,22,23,28). The third kappa shape index (κ3) is 4.46. The van der Waals surface area contributed by atoms with Crippen molar-refractivity contribution >= 4 is 23.6 Å². The molecule has 2 aromatic rings. The van der Waals surface area contributed by atoms with Crippen LogP contribution in [0.3, 0.4) is 0 Å². The van der Waals surface area contributed by atoms with Gasteiger partial charge in [-0.2, -0.15) is 0 Å². The minimum Gasteiger partial charge on any atom is -0.479 e. The Labute approximate surface area is 160 Å². The van der Waals surface area contributed by atoms with Crippen molar-refractivity contribution in [2.24, 2.45) is 0 Å². The van der Waals surface area contributed by atoms with Gasteiger partial charge < -0.3 is 21.1 Å². The Hall–Kier alpha value is -3.42. The highest BCUT2D eigenvalue weighted by atomic mass is 19.1. The summed E-state index contributed by atoms with van der Waals surface area (Å²) < 4.78 is 13.2. The molecule has 1 fully saturated rings. The lowest BCUT2D eigenvalue weighted by molar-refractivity contribution is -0.144. The number of nitrogens with one attached hydrogen (secondary N) is 3. The minimum atomic E-state index is -1.75. The van der Waals surface area contributed by atoms with E-state index in [0.717, 1.165) is 25.0 Å². The summed E-state index contributed by atoms with van der Waals surface area (Å²) in [6.45, 7) is 1.33. The number of aliphatic carboxylic acids is 1. The van der Waals surface area contributed by atoms with Crippen LogP contribution in [-0.2, 0) is 10.3 Å². The molecule has 28 heavy (non-hydrogen) atoms. The molecule has 0 bridgehead atoms. The van der Waals surface area contributed by atoms with Gasteiger partial charge in [0, 0.05) is 17.3 Å². The first-order valence-electron chi connectivity index (χ1n) is 8.77. The number of benzene rings is 2. The summed E-state index contributed by atoms with van der Waals surface area (Å²) in [5, 5.41) is 17.5. The van der Waals surface area contributed by atoms with Crippen LogP contribution in [0.25, 0.3) is 0 Å². The monoisotopic (exact) mass is 385 g/mol. The molecule has 2 aromatic carbocycles. The van der Waals surface area contributed by atoms with Crippen LogP contribution in [-0.4, -0.2) is 29.1 Å². The normalized spacial score (nSPS) is 15.2. The zero-order valence-electron chi connectivity index (χ0n) is 15.2. The number of rotatable bonds is 6. The van der Waals surface area contributed by atoms with Gasteiger partial charge in [0.15, 0.2) is 5.54 Å². The fourth-order valence-electron chi connectivity index (χ4n) is 2.65. The van der Waals surface area contributed by atoms with E-state index in [9.17, 15) is 23.9 Å². The number of anilines is 1. The molecular weight excluding hydrogens is 365 g/mol. The van der Waals surface area contributed by atoms with Gasteiger partial charge in [0.2, 0.25) is 0 Å². The average Bonchev–Trinajstić information content (AvgIpc) is 3.46. The minimum absolute atomic E-state index is 0.179. The predicted molar refractivity (Wildman–Crippen MR) is 100 cm³/mol. The van der Waals surface area contributed by atoms with E-state index in [2.05, 4.69) is 16.0 Å². The van der Waals surface area contributed by atoms with Crippen molar-refractivity contribution in [1.29, 1.82) is 0 Å². The second kappa shape index (κ2) is 7.67. The Balaban J connectivity index is 1.76. The van der Waals surface area contributed by atoms with Crippen LogP contribution in [0.15, 0.2) is 48.5 Å². The van der Waals surface area contributed by atoms with Crippen molar-refractivity contribution in [3.05, 3.63) is 65.5 Å². The van der Waals surface area contributed by atoms with Crippen LogP contribution in [0.4, 0.5) is 14.9 Å². The van der Waals surface area contributed by atoms with Crippen molar-refractivity contribution in [2.75, 3.05) is 5.32 Å². The third-order valence-electron chi connectivity index (χ3n) is 4.51. The molecule has 4 N–H and O–H groups in total. The molecule has 0 radical (unpaired) electrons. The maximum absolute atomic E-state index is 13.2. The Morgan fingerprint density at radius 1 is 1.11 bits per heavy atom. The van der Waals surface area contributed by atoms with Gasteiger partial charge in [0.25, 0.3) is 5.91 Å². The van der Waals surface area contributed by atoms with E-state index >= 15 is 0 Å². The second-order valence-corrected chi connectivity index (χ2v) is 6.84. The highest BCUT2D eigenvalue weighted by molar-refractivity contribution is 5.99. The van der Waals surface area contributed by atoms with Crippen molar-refractivity contribution in [1.82, 2.24) is 10.6 Å². The number of carboxylic acid groups (broad SMARTS) is 1. The number of amides is 3. The van der Waals surface area contributed by atoms with Crippen molar-refractivity contribution in [3.8, 4) is 0 Å². The first-order chi connectivity index (χ1) is 13.3. The SMILES string of the molecule is CC(NC(=O)c1cccc(NC(=O)NC2CC2)c1)(C(=O)O)c1ccc(F)cc1. The summed E-state index contributed by atoms with van der Waals surface area (Å²) in [5.41, 5.74) is -0.936. The molecule has 0 heterocycles. The van der Waals surface area contributed by atoms with Gasteiger partial charge in [-0.1, -0.05) is 18.2 Å². The van der Waals surface area contributed by atoms with Crippen LogP contribution in [0, 0.1) is 5.82 Å². The summed E-state index contributed by atoms with van der Waals surface area (Å²) in [6, 6.07) is 10.9. The van der Waals surface area contributed by atoms with Crippen molar-refractivity contribution in [2.45, 2.75) is 31.3 Å². The molecule has 1 unspecified atom stereocenters. The van der Waals surface area contributed by atoms with Gasteiger partial charge in [0.05, 0.1) is 0 Å². The zero-order valence-corrected chi connectivity index (χ0v) is 15.2. The summed E-state index contributed by atoms with van der Waals surface area (Å²) in [7, 11) is 0. The lowest BCUT2D eigenvalue weighted by atomic mass is 9.91. The molecule has 0 spiro atoms. The third-order valence-corrected chi connectivity index (χ3v) is 4.51. The number of halogens is 1. The van der Waals surface area contributed by atoms with Crippen LogP contribution < -0.4 is 16.0 Å². The molecule has 3 rings (SSSR count). The average molecular weight is 385 g/mol. The Morgan fingerprint density at radius 3 is 2.39 bits per heavy atom. The van der Waals surface area contributed by atoms with Crippen LogP contribution in [0.2, 0.25) is 0 Å². The first kappa shape index (κ1) is 19.3. The van der Waals surface area contributed by atoms with Gasteiger partial charge in [-0.05, 0) is 55.7 Å². The smallest absolute Gasteiger partial charge is 0.333 e. The van der Waals surface area contributed by atoms with E-state index in [0.29, 0.717) is 5.69 Å². The lowest BCUT2D eigenvalue weighted by Crippen LogP contribution is -2.49. The molecule has 7 nitrogen and oxygen atoms in total. The number of hydrogen-bond donors (Lipinski definition) is 4. The van der Waals surface area contributed by atoms with Gasteiger partial charge >= 0.3 is 12.0 Å². The van der Waals surface area contributed by atoms with E-state index in [1.165, 1.54) is 31.2 Å². The molecule has 146 valence electrons. The molecule has 1 atom stereocenters. The molecule has 0 saturated heterocycles. The van der Waals surface area contributed by atoms with Gasteiger partial charge in [-0.3, -0.25) is 4.79 Å². The maximum atomic E-state index is 13.2. The highest BCUT2D eigenvalue weighted by Crippen LogP contribution is 2.23. The molecule has 8 heteroatoms. The molecule has 1 aliphatic rings. The van der Waals surface area contributed by atoms with Crippen LogP contribution in [0.5, 0.6) is 0 Å². The quantitative estimate of drug-likeness (QED) is 0.613. The Morgan fingerprint density at radius 2 is 1.79 bits per heavy atom. The summed E-state index contributed by atoms with van der Waals surface area (Å²) >= 11 is 0. The maximum Gasteiger partial charge on any atom is 0.333 e. The largest absolute Gasteiger partial charge is 0.479 e. The van der Waals surface area contributed by atoms with E-state index in [4.69, 9.17) is 0 Å². The highest BCUT2D eigenvalue weighted by Gasteiger charge is 2.37. The second-order valence-electron chi connectivity index (χ2n) is 6.84. The molecule has 1 aliphatic carbocycles. The lowest BCUT2D eigenvalue weighted by Gasteiger charge is -2.27. The van der Waals surface area contributed by atoms with Crippen molar-refractivity contribution in [3.63, 3.8) is 0 Å². The van der Waals surface area contributed by atoms with Gasteiger partial charge in [-0.15, -0.1) is 0 Å². The molecule has 1 saturated carbocycles. The number of urea groups is 1. The number of carbonyl (C=O) groups is 3. The van der Waals surface area contributed by atoms with Gasteiger partial charge in [-0.25, -0.2) is 14.0 Å². The number of hydrogen-bond acceptors (Lipinski definition) is 3. The molecule has 0 aliphatic heterocycles. The Bertz CT molecular complexity index is 912. The zero-order chi connectivity index (χ0) is 20.3. The van der Waals surface area contributed by atoms with E-state index in [1.807, 2.05) is 0 Å². The first-order valence-corrected chi connectivity index (χ1v) is 8.77. The topological polar surface area (TPSA) is 108 Å².